The van der Waals surface area contributed by atoms with E-state index >= 15 is 0 Å². The summed E-state index contributed by atoms with van der Waals surface area (Å²) in [5.74, 6) is 0.493. The number of aliphatic imine (C=N–C) groups is 1. The van der Waals surface area contributed by atoms with Crippen LogP contribution in [0.4, 0.5) is 0 Å². The number of amidine groups is 1. The number of rotatable bonds is 2. The first-order valence-electron chi connectivity index (χ1n) is 4.76. The van der Waals surface area contributed by atoms with Gasteiger partial charge >= 0.3 is 0 Å². The summed E-state index contributed by atoms with van der Waals surface area (Å²) in [5.41, 5.74) is 0.695. The summed E-state index contributed by atoms with van der Waals surface area (Å²) in [4.78, 5) is 16.0. The van der Waals surface area contributed by atoms with E-state index in [2.05, 4.69) is 10.3 Å². The summed E-state index contributed by atoms with van der Waals surface area (Å²) < 4.78 is 0. The molecule has 1 aliphatic rings. The van der Waals surface area contributed by atoms with E-state index in [-0.39, 0.29) is 5.78 Å². The van der Waals surface area contributed by atoms with E-state index in [9.17, 15) is 4.79 Å². The van der Waals surface area contributed by atoms with Gasteiger partial charge in [0, 0.05) is 18.7 Å². The lowest BCUT2D eigenvalue weighted by Gasteiger charge is -2.12. The molecule has 0 saturated carbocycles. The summed E-state index contributed by atoms with van der Waals surface area (Å²) >= 11 is 0. The molecule has 1 heterocycles. The lowest BCUT2D eigenvalue weighted by atomic mass is 10.1. The molecule has 1 aromatic rings. The fourth-order valence-corrected chi connectivity index (χ4v) is 1.41. The standard InChI is InChI=1S/C11H12N2O/c14-10(9-5-2-1-3-6-9)11-12-7-4-8-13-11/h1-3,5-6H,4,7-8H2,(H,12,13). The Morgan fingerprint density at radius 2 is 2.07 bits per heavy atom. The molecule has 3 nitrogen and oxygen atoms in total. The first kappa shape index (κ1) is 8.94. The fraction of sp³-hybridized carbons (Fsp3) is 0.273. The molecule has 1 aliphatic heterocycles. The zero-order valence-corrected chi connectivity index (χ0v) is 7.86. The number of benzene rings is 1. The molecule has 0 bridgehead atoms. The average Bonchev–Trinajstić information content (AvgIpc) is 2.30. The van der Waals surface area contributed by atoms with Crippen molar-refractivity contribution in [3.63, 3.8) is 0 Å². The minimum Gasteiger partial charge on any atom is -0.367 e. The van der Waals surface area contributed by atoms with Gasteiger partial charge in [0.25, 0.3) is 0 Å². The maximum Gasteiger partial charge on any atom is 0.227 e. The Hall–Kier alpha value is -1.64. The molecule has 3 heteroatoms. The van der Waals surface area contributed by atoms with Gasteiger partial charge in [-0.3, -0.25) is 9.79 Å². The molecule has 1 aromatic carbocycles. The Balaban J connectivity index is 2.20. The van der Waals surface area contributed by atoms with E-state index < -0.39 is 0 Å². The van der Waals surface area contributed by atoms with Gasteiger partial charge in [-0.2, -0.15) is 0 Å². The average molecular weight is 188 g/mol. The summed E-state index contributed by atoms with van der Waals surface area (Å²) in [7, 11) is 0. The highest BCUT2D eigenvalue weighted by Gasteiger charge is 2.14. The molecule has 0 spiro atoms. The van der Waals surface area contributed by atoms with Crippen molar-refractivity contribution < 1.29 is 4.79 Å². The van der Waals surface area contributed by atoms with Crippen LogP contribution in [0, 0.1) is 0 Å². The van der Waals surface area contributed by atoms with E-state index in [1.807, 2.05) is 18.2 Å². The van der Waals surface area contributed by atoms with Gasteiger partial charge in [-0.15, -0.1) is 0 Å². The Labute approximate surface area is 82.9 Å². The van der Waals surface area contributed by atoms with Gasteiger partial charge in [0.05, 0.1) is 0 Å². The van der Waals surface area contributed by atoms with Crippen LogP contribution in [0.25, 0.3) is 0 Å². The number of Topliss-reactive ketones (excluding diaryl/α,β-unsaturated/α-hetero) is 1. The number of nitrogens with zero attached hydrogens (tertiary/aromatic N) is 1. The van der Waals surface area contributed by atoms with Gasteiger partial charge in [-0.25, -0.2) is 0 Å². The Morgan fingerprint density at radius 3 is 2.71 bits per heavy atom. The summed E-state index contributed by atoms with van der Waals surface area (Å²) in [6.45, 7) is 1.60. The topological polar surface area (TPSA) is 41.5 Å². The quantitative estimate of drug-likeness (QED) is 0.710. The van der Waals surface area contributed by atoms with Crippen LogP contribution >= 0.6 is 0 Å². The predicted octanol–water partition coefficient (Wildman–Crippen LogP) is 1.26. The third-order valence-corrected chi connectivity index (χ3v) is 2.15. The fourth-order valence-electron chi connectivity index (χ4n) is 1.41. The highest BCUT2D eigenvalue weighted by Crippen LogP contribution is 2.02. The highest BCUT2D eigenvalue weighted by atomic mass is 16.1. The first-order chi connectivity index (χ1) is 6.88. The molecule has 72 valence electrons. The Morgan fingerprint density at radius 1 is 1.29 bits per heavy atom. The summed E-state index contributed by atoms with van der Waals surface area (Å²) in [6.07, 6.45) is 1.01. The molecule has 0 aromatic heterocycles. The van der Waals surface area contributed by atoms with Gasteiger partial charge in [-0.05, 0) is 6.42 Å². The monoisotopic (exact) mass is 188 g/mol. The molecule has 0 amide bonds. The van der Waals surface area contributed by atoms with E-state index in [4.69, 9.17) is 0 Å². The number of hydrogen-bond acceptors (Lipinski definition) is 3. The third-order valence-electron chi connectivity index (χ3n) is 2.15. The van der Waals surface area contributed by atoms with Crippen molar-refractivity contribution in [2.24, 2.45) is 4.99 Å². The summed E-state index contributed by atoms with van der Waals surface area (Å²) in [5, 5.41) is 3.02. The molecule has 1 N–H and O–H groups in total. The zero-order chi connectivity index (χ0) is 9.80. The summed E-state index contributed by atoms with van der Waals surface area (Å²) in [6, 6.07) is 9.22. The van der Waals surface area contributed by atoms with Gasteiger partial charge < -0.3 is 5.32 Å². The molecular weight excluding hydrogens is 176 g/mol. The smallest absolute Gasteiger partial charge is 0.227 e. The SMILES string of the molecule is O=C(C1=NCCCN1)c1ccccc1. The Bertz CT molecular complexity index is 357. The zero-order valence-electron chi connectivity index (χ0n) is 7.86. The number of carbonyl (C=O) groups is 1. The lowest BCUT2D eigenvalue weighted by molar-refractivity contribution is 0.106. The normalized spacial score (nSPS) is 15.6. The van der Waals surface area contributed by atoms with Crippen LogP contribution in [-0.4, -0.2) is 24.7 Å². The molecule has 0 aliphatic carbocycles. The minimum atomic E-state index is -0.00898. The highest BCUT2D eigenvalue weighted by molar-refractivity contribution is 6.45. The molecule has 0 radical (unpaired) electrons. The second-order valence-corrected chi connectivity index (χ2v) is 3.21. The Kier molecular flexibility index (Phi) is 2.58. The van der Waals surface area contributed by atoms with E-state index in [1.54, 1.807) is 12.1 Å². The van der Waals surface area contributed by atoms with Gasteiger partial charge in [0.15, 0.2) is 5.84 Å². The lowest BCUT2D eigenvalue weighted by Crippen LogP contribution is -2.35. The van der Waals surface area contributed by atoms with Gasteiger partial charge in [0.2, 0.25) is 5.78 Å². The van der Waals surface area contributed by atoms with Crippen molar-refractivity contribution in [1.82, 2.24) is 5.32 Å². The second-order valence-electron chi connectivity index (χ2n) is 3.21. The van der Waals surface area contributed by atoms with Crippen LogP contribution in [0.1, 0.15) is 16.8 Å². The second kappa shape index (κ2) is 4.05. The van der Waals surface area contributed by atoms with Crippen molar-refractivity contribution in [3.8, 4) is 0 Å². The van der Waals surface area contributed by atoms with Crippen molar-refractivity contribution in [2.45, 2.75) is 6.42 Å². The molecule has 0 fully saturated rings. The molecule has 0 unspecified atom stereocenters. The number of hydrogen-bond donors (Lipinski definition) is 1. The molecule has 0 saturated heterocycles. The molecular formula is C11H12N2O. The first-order valence-corrected chi connectivity index (χ1v) is 4.76. The van der Waals surface area contributed by atoms with Crippen molar-refractivity contribution in [2.75, 3.05) is 13.1 Å². The van der Waals surface area contributed by atoms with Gasteiger partial charge in [0.1, 0.15) is 0 Å². The van der Waals surface area contributed by atoms with E-state index in [1.165, 1.54) is 0 Å². The maximum absolute atomic E-state index is 11.8. The number of ketones is 1. The van der Waals surface area contributed by atoms with Crippen LogP contribution in [0.3, 0.4) is 0 Å². The van der Waals surface area contributed by atoms with E-state index in [0.29, 0.717) is 11.4 Å². The van der Waals surface area contributed by atoms with Crippen LogP contribution in [0.15, 0.2) is 35.3 Å². The van der Waals surface area contributed by atoms with Crippen LogP contribution in [0.5, 0.6) is 0 Å². The third kappa shape index (κ3) is 1.82. The predicted molar refractivity (Wildman–Crippen MR) is 55.7 cm³/mol. The van der Waals surface area contributed by atoms with Crippen LogP contribution < -0.4 is 5.32 Å². The van der Waals surface area contributed by atoms with Crippen molar-refractivity contribution in [3.05, 3.63) is 35.9 Å². The largest absolute Gasteiger partial charge is 0.367 e. The number of nitrogens with one attached hydrogen (secondary N) is 1. The molecule has 2 rings (SSSR count). The van der Waals surface area contributed by atoms with Gasteiger partial charge in [-0.1, -0.05) is 30.3 Å². The number of carbonyl (C=O) groups excluding carboxylic acids is 1. The van der Waals surface area contributed by atoms with Crippen molar-refractivity contribution >= 4 is 11.6 Å². The minimum absolute atomic E-state index is 0.00898. The van der Waals surface area contributed by atoms with Crippen LogP contribution in [0.2, 0.25) is 0 Å². The maximum atomic E-state index is 11.8. The van der Waals surface area contributed by atoms with Crippen molar-refractivity contribution in [1.29, 1.82) is 0 Å². The van der Waals surface area contributed by atoms with E-state index in [0.717, 1.165) is 19.5 Å². The van der Waals surface area contributed by atoms with Crippen LogP contribution in [-0.2, 0) is 0 Å². The molecule has 14 heavy (non-hydrogen) atoms. The molecule has 0 atom stereocenters.